The molecule has 1 fully saturated rings. The fraction of sp³-hybridized carbons (Fsp3) is 0.545. The van der Waals surface area contributed by atoms with Crippen molar-refractivity contribution in [1.29, 1.82) is 0 Å². The van der Waals surface area contributed by atoms with Crippen molar-refractivity contribution in [2.24, 2.45) is 0 Å². The Labute approximate surface area is 94.7 Å². The fourth-order valence-corrected chi connectivity index (χ4v) is 1.30. The Morgan fingerprint density at radius 3 is 2.62 bits per heavy atom. The summed E-state index contributed by atoms with van der Waals surface area (Å²) in [6.45, 7) is 4.05. The minimum Gasteiger partial charge on any atom is -0.367 e. The van der Waals surface area contributed by atoms with Crippen LogP contribution in [0, 0.1) is 0 Å². The van der Waals surface area contributed by atoms with Crippen LogP contribution in [0.5, 0.6) is 0 Å². The van der Waals surface area contributed by atoms with Crippen LogP contribution in [0.3, 0.4) is 0 Å². The highest BCUT2D eigenvalue weighted by Gasteiger charge is 2.24. The average molecular weight is 220 g/mol. The largest absolute Gasteiger partial charge is 0.367 e. The quantitative estimate of drug-likeness (QED) is 0.799. The van der Waals surface area contributed by atoms with E-state index in [0.29, 0.717) is 23.6 Å². The lowest BCUT2D eigenvalue weighted by molar-refractivity contribution is 0.0945. The van der Waals surface area contributed by atoms with Crippen LogP contribution in [0.1, 0.15) is 37.2 Å². The van der Waals surface area contributed by atoms with Gasteiger partial charge in [-0.1, -0.05) is 0 Å². The molecule has 2 N–H and O–H groups in total. The molecule has 2 rings (SSSR count). The van der Waals surface area contributed by atoms with E-state index in [-0.39, 0.29) is 5.91 Å². The van der Waals surface area contributed by atoms with Crippen LogP contribution in [0.4, 0.5) is 5.82 Å². The first-order chi connectivity index (χ1) is 7.65. The van der Waals surface area contributed by atoms with Crippen LogP contribution < -0.4 is 10.6 Å². The first kappa shape index (κ1) is 10.9. The molecule has 0 aromatic carbocycles. The Bertz CT molecular complexity index is 370. The van der Waals surface area contributed by atoms with E-state index in [4.69, 9.17) is 0 Å². The smallest absolute Gasteiger partial charge is 0.271 e. The summed E-state index contributed by atoms with van der Waals surface area (Å²) in [6, 6.07) is 0.656. The van der Waals surface area contributed by atoms with Gasteiger partial charge in [0.1, 0.15) is 11.5 Å². The number of anilines is 1. The predicted molar refractivity (Wildman–Crippen MR) is 61.3 cm³/mol. The molecular weight excluding hydrogens is 204 g/mol. The number of hydrogen-bond donors (Lipinski definition) is 2. The minimum absolute atomic E-state index is 0.133. The second kappa shape index (κ2) is 4.47. The summed E-state index contributed by atoms with van der Waals surface area (Å²) >= 11 is 0. The van der Waals surface area contributed by atoms with Gasteiger partial charge >= 0.3 is 0 Å². The zero-order valence-corrected chi connectivity index (χ0v) is 9.53. The third-order valence-electron chi connectivity index (χ3n) is 2.23. The first-order valence-corrected chi connectivity index (χ1v) is 5.54. The number of carbonyl (C=O) groups is 1. The molecule has 1 aliphatic rings. The van der Waals surface area contributed by atoms with Crippen LogP contribution >= 0.6 is 0 Å². The van der Waals surface area contributed by atoms with Gasteiger partial charge in [-0.2, -0.15) is 0 Å². The normalized spacial score (nSPS) is 14.9. The van der Waals surface area contributed by atoms with Gasteiger partial charge in [-0.05, 0) is 26.7 Å². The van der Waals surface area contributed by atoms with Crippen LogP contribution in [-0.4, -0.2) is 28.0 Å². The molecule has 1 aromatic heterocycles. The van der Waals surface area contributed by atoms with Gasteiger partial charge in [-0.25, -0.2) is 9.97 Å². The molecule has 1 aliphatic carbocycles. The molecule has 5 nitrogen and oxygen atoms in total. The number of hydrogen-bond acceptors (Lipinski definition) is 4. The van der Waals surface area contributed by atoms with E-state index in [1.807, 2.05) is 13.8 Å². The van der Waals surface area contributed by atoms with Crippen LogP contribution in [-0.2, 0) is 0 Å². The maximum Gasteiger partial charge on any atom is 0.271 e. The molecule has 86 valence electrons. The molecule has 1 heterocycles. The number of carbonyl (C=O) groups excluding carboxylic acids is 1. The van der Waals surface area contributed by atoms with E-state index in [2.05, 4.69) is 20.6 Å². The van der Waals surface area contributed by atoms with E-state index in [1.165, 1.54) is 6.20 Å². The molecule has 16 heavy (non-hydrogen) atoms. The molecule has 5 heteroatoms. The number of amides is 1. The lowest BCUT2D eigenvalue weighted by Gasteiger charge is -2.08. The van der Waals surface area contributed by atoms with Gasteiger partial charge in [0.05, 0.1) is 12.4 Å². The Balaban J connectivity index is 1.97. The first-order valence-electron chi connectivity index (χ1n) is 5.54. The third-order valence-corrected chi connectivity index (χ3v) is 2.23. The molecule has 0 unspecified atom stereocenters. The van der Waals surface area contributed by atoms with Crippen molar-refractivity contribution in [3.8, 4) is 0 Å². The molecule has 1 amide bonds. The maximum atomic E-state index is 11.6. The molecule has 0 radical (unpaired) electrons. The Morgan fingerprint density at radius 1 is 1.38 bits per heavy atom. The van der Waals surface area contributed by atoms with E-state index in [0.717, 1.165) is 12.8 Å². The van der Waals surface area contributed by atoms with Gasteiger partial charge in [0.15, 0.2) is 0 Å². The van der Waals surface area contributed by atoms with Gasteiger partial charge in [0, 0.05) is 12.1 Å². The maximum absolute atomic E-state index is 11.6. The molecular formula is C11H16N4O. The van der Waals surface area contributed by atoms with Gasteiger partial charge in [-0.3, -0.25) is 4.79 Å². The zero-order valence-electron chi connectivity index (χ0n) is 9.53. The molecule has 0 aliphatic heterocycles. The fourth-order valence-electron chi connectivity index (χ4n) is 1.30. The summed E-state index contributed by atoms with van der Waals surface area (Å²) in [4.78, 5) is 19.8. The highest BCUT2D eigenvalue weighted by atomic mass is 16.2. The molecule has 0 atom stereocenters. The molecule has 1 aromatic rings. The summed E-state index contributed by atoms with van der Waals surface area (Å²) in [7, 11) is 0. The van der Waals surface area contributed by atoms with Crippen molar-refractivity contribution < 1.29 is 4.79 Å². The van der Waals surface area contributed by atoms with E-state index < -0.39 is 0 Å². The van der Waals surface area contributed by atoms with Crippen molar-refractivity contribution in [1.82, 2.24) is 15.3 Å². The Morgan fingerprint density at radius 2 is 2.12 bits per heavy atom. The highest BCUT2D eigenvalue weighted by molar-refractivity contribution is 5.92. The Hall–Kier alpha value is -1.65. The SMILES string of the molecule is CC(C)Nc1cnc(C(=O)NC2CC2)cn1. The molecule has 1 saturated carbocycles. The monoisotopic (exact) mass is 220 g/mol. The summed E-state index contributed by atoms with van der Waals surface area (Å²) in [5.41, 5.74) is 0.376. The number of nitrogens with one attached hydrogen (secondary N) is 2. The predicted octanol–water partition coefficient (Wildman–Crippen LogP) is 1.19. The number of nitrogens with zero attached hydrogens (tertiary/aromatic N) is 2. The van der Waals surface area contributed by atoms with Crippen molar-refractivity contribution in [2.45, 2.75) is 38.8 Å². The van der Waals surface area contributed by atoms with Crippen molar-refractivity contribution in [3.63, 3.8) is 0 Å². The molecule has 0 bridgehead atoms. The number of rotatable bonds is 4. The van der Waals surface area contributed by atoms with Crippen LogP contribution in [0.2, 0.25) is 0 Å². The Kier molecular flexibility index (Phi) is 3.03. The average Bonchev–Trinajstić information content (AvgIpc) is 3.01. The molecule has 0 saturated heterocycles. The van der Waals surface area contributed by atoms with Gasteiger partial charge < -0.3 is 10.6 Å². The zero-order chi connectivity index (χ0) is 11.5. The lowest BCUT2D eigenvalue weighted by Crippen LogP contribution is -2.26. The van der Waals surface area contributed by atoms with Crippen molar-refractivity contribution in [2.75, 3.05) is 5.32 Å². The second-order valence-electron chi connectivity index (χ2n) is 4.33. The van der Waals surface area contributed by atoms with Gasteiger partial charge in [-0.15, -0.1) is 0 Å². The third kappa shape index (κ3) is 2.92. The van der Waals surface area contributed by atoms with E-state index in [1.54, 1.807) is 6.20 Å². The topological polar surface area (TPSA) is 66.9 Å². The van der Waals surface area contributed by atoms with Crippen molar-refractivity contribution >= 4 is 11.7 Å². The lowest BCUT2D eigenvalue weighted by atomic mass is 10.4. The van der Waals surface area contributed by atoms with Crippen LogP contribution in [0.25, 0.3) is 0 Å². The summed E-state index contributed by atoms with van der Waals surface area (Å²) in [5, 5.41) is 5.99. The summed E-state index contributed by atoms with van der Waals surface area (Å²) in [6.07, 6.45) is 5.24. The van der Waals surface area contributed by atoms with Gasteiger partial charge in [0.25, 0.3) is 5.91 Å². The second-order valence-corrected chi connectivity index (χ2v) is 4.33. The number of aromatic nitrogens is 2. The van der Waals surface area contributed by atoms with E-state index >= 15 is 0 Å². The van der Waals surface area contributed by atoms with Crippen molar-refractivity contribution in [3.05, 3.63) is 18.1 Å². The molecule has 0 spiro atoms. The summed E-state index contributed by atoms with van der Waals surface area (Å²) in [5.74, 6) is 0.559. The van der Waals surface area contributed by atoms with Gasteiger partial charge in [0.2, 0.25) is 0 Å². The standard InChI is InChI=1S/C11H16N4O/c1-7(2)14-10-6-12-9(5-13-10)11(16)15-8-3-4-8/h5-8H,3-4H2,1-2H3,(H,13,14)(H,15,16). The highest BCUT2D eigenvalue weighted by Crippen LogP contribution is 2.19. The summed E-state index contributed by atoms with van der Waals surface area (Å²) < 4.78 is 0. The minimum atomic E-state index is -0.133. The van der Waals surface area contributed by atoms with Crippen LogP contribution in [0.15, 0.2) is 12.4 Å². The van der Waals surface area contributed by atoms with E-state index in [9.17, 15) is 4.79 Å².